The second-order valence-electron chi connectivity index (χ2n) is 14.5. The number of thiophene rings is 1. The largest absolute Gasteiger partial charge is 0.456 e. The molecular formula is C54H34OS. The molecule has 0 aliphatic heterocycles. The maximum absolute atomic E-state index is 6.19. The third kappa shape index (κ3) is 5.80. The summed E-state index contributed by atoms with van der Waals surface area (Å²) in [5.74, 6) is 0. The van der Waals surface area contributed by atoms with Crippen molar-refractivity contribution in [2.24, 2.45) is 0 Å². The quantitative estimate of drug-likeness (QED) is 0.166. The molecule has 1 nitrogen and oxygen atoms in total. The monoisotopic (exact) mass is 730 g/mol. The summed E-state index contributed by atoms with van der Waals surface area (Å²) < 4.78 is 8.86. The zero-order valence-corrected chi connectivity index (χ0v) is 31.3. The summed E-state index contributed by atoms with van der Waals surface area (Å²) in [5.41, 5.74) is 16.2. The Morgan fingerprint density at radius 2 is 0.607 bits per heavy atom. The van der Waals surface area contributed by atoms with Crippen LogP contribution in [0.25, 0.3) is 109 Å². The molecule has 11 aromatic rings. The van der Waals surface area contributed by atoms with Gasteiger partial charge >= 0.3 is 0 Å². The van der Waals surface area contributed by atoms with Crippen LogP contribution in [0.3, 0.4) is 0 Å². The average Bonchev–Trinajstić information content (AvgIpc) is 3.84. The lowest BCUT2D eigenvalue weighted by Crippen LogP contribution is -1.85. The molecule has 2 heterocycles. The number of para-hydroxylation sites is 1. The highest BCUT2D eigenvalue weighted by atomic mass is 32.1. The van der Waals surface area contributed by atoms with E-state index < -0.39 is 0 Å². The second-order valence-corrected chi connectivity index (χ2v) is 15.6. The maximum atomic E-state index is 6.19. The molecule has 0 aliphatic rings. The molecular weight excluding hydrogens is 697 g/mol. The Labute approximate surface area is 329 Å². The van der Waals surface area contributed by atoms with Gasteiger partial charge in [0.2, 0.25) is 0 Å². The molecule has 9 aromatic carbocycles. The summed E-state index contributed by atoms with van der Waals surface area (Å²) in [4.78, 5) is 0. The van der Waals surface area contributed by atoms with E-state index >= 15 is 0 Å². The van der Waals surface area contributed by atoms with Crippen LogP contribution in [0.4, 0.5) is 0 Å². The van der Waals surface area contributed by atoms with Gasteiger partial charge in [-0.2, -0.15) is 0 Å². The topological polar surface area (TPSA) is 13.1 Å². The summed E-state index contributed by atoms with van der Waals surface area (Å²) in [6, 6.07) is 74.7. The minimum Gasteiger partial charge on any atom is -0.456 e. The molecule has 0 saturated carbocycles. The molecule has 0 spiro atoms. The molecule has 0 radical (unpaired) electrons. The normalized spacial score (nSPS) is 11.6. The van der Waals surface area contributed by atoms with Gasteiger partial charge < -0.3 is 4.42 Å². The van der Waals surface area contributed by atoms with Crippen molar-refractivity contribution < 1.29 is 4.42 Å². The van der Waals surface area contributed by atoms with Crippen LogP contribution in [0.1, 0.15) is 0 Å². The molecule has 0 unspecified atom stereocenters. The molecule has 0 N–H and O–H groups in total. The third-order valence-electron chi connectivity index (χ3n) is 11.1. The third-order valence-corrected chi connectivity index (χ3v) is 12.2. The predicted molar refractivity (Wildman–Crippen MR) is 239 cm³/mol. The number of furan rings is 1. The van der Waals surface area contributed by atoms with Crippen LogP contribution in [0, 0.1) is 0 Å². The Balaban J connectivity index is 0.848. The van der Waals surface area contributed by atoms with Gasteiger partial charge in [-0.3, -0.25) is 0 Å². The van der Waals surface area contributed by atoms with Crippen LogP contribution >= 0.6 is 11.3 Å². The van der Waals surface area contributed by atoms with Gasteiger partial charge in [0.1, 0.15) is 11.2 Å². The highest BCUT2D eigenvalue weighted by molar-refractivity contribution is 7.25. The summed E-state index contributed by atoms with van der Waals surface area (Å²) >= 11 is 1.87. The SMILES string of the molecule is c1cc(-c2ccc(-c3cccc(-c4cccc(-c5ccc6c(c5)sc5ccccc56)c4)c3)cc2)cc(-c2cccc(-c3ccc4c(c3)oc3ccccc34)c2)c1. The van der Waals surface area contributed by atoms with Crippen LogP contribution in [0.15, 0.2) is 211 Å². The standard InChI is InChI=1S/C54H34OS/c1-3-19-51-47(17-1)48-27-25-45(33-52(48)55-51)43-15-7-13-41(31-43)39-11-5-9-37(29-39)35-21-23-36(24-22-35)38-10-6-12-40(30-38)42-14-8-16-44(32-42)46-26-28-50-49-18-2-4-20-53(49)56-54(50)34-46/h1-34H. The van der Waals surface area contributed by atoms with Crippen molar-refractivity contribution in [2.45, 2.75) is 0 Å². The van der Waals surface area contributed by atoms with Crippen LogP contribution < -0.4 is 0 Å². The van der Waals surface area contributed by atoms with Crippen molar-refractivity contribution in [3.05, 3.63) is 206 Å². The zero-order valence-electron chi connectivity index (χ0n) is 30.4. The van der Waals surface area contributed by atoms with Gasteiger partial charge in [0, 0.05) is 30.9 Å². The fraction of sp³-hybridized carbons (Fsp3) is 0. The highest BCUT2D eigenvalue weighted by Gasteiger charge is 2.11. The minimum atomic E-state index is 0.914. The first-order chi connectivity index (χ1) is 27.7. The van der Waals surface area contributed by atoms with E-state index in [9.17, 15) is 0 Å². The van der Waals surface area contributed by atoms with E-state index in [2.05, 4.69) is 194 Å². The van der Waals surface area contributed by atoms with E-state index in [0.29, 0.717) is 0 Å². The van der Waals surface area contributed by atoms with E-state index in [0.717, 1.165) is 27.5 Å². The van der Waals surface area contributed by atoms with Gasteiger partial charge in [0.15, 0.2) is 0 Å². The first-order valence-corrected chi connectivity index (χ1v) is 19.9. The fourth-order valence-corrected chi connectivity index (χ4v) is 9.32. The molecule has 2 heteroatoms. The Morgan fingerprint density at radius 1 is 0.232 bits per heavy atom. The molecule has 11 rings (SSSR count). The molecule has 0 saturated heterocycles. The lowest BCUT2D eigenvalue weighted by atomic mass is 9.94. The van der Waals surface area contributed by atoms with E-state index in [4.69, 9.17) is 4.42 Å². The number of benzene rings is 9. The summed E-state index contributed by atoms with van der Waals surface area (Å²) in [6.07, 6.45) is 0. The molecule has 0 aliphatic carbocycles. The van der Waals surface area contributed by atoms with E-state index in [-0.39, 0.29) is 0 Å². The molecule has 0 bridgehead atoms. The average molecular weight is 731 g/mol. The Bertz CT molecular complexity index is 3030. The van der Waals surface area contributed by atoms with Crippen molar-refractivity contribution >= 4 is 53.4 Å². The van der Waals surface area contributed by atoms with E-state index in [1.807, 2.05) is 23.5 Å². The summed E-state index contributed by atoms with van der Waals surface area (Å²) in [6.45, 7) is 0. The maximum Gasteiger partial charge on any atom is 0.136 e. The molecule has 2 aromatic heterocycles. The first kappa shape index (κ1) is 32.4. The Hall–Kier alpha value is -7.00. The molecule has 0 fully saturated rings. The van der Waals surface area contributed by atoms with Crippen LogP contribution in [-0.2, 0) is 0 Å². The van der Waals surface area contributed by atoms with Crippen LogP contribution in [-0.4, -0.2) is 0 Å². The first-order valence-electron chi connectivity index (χ1n) is 19.1. The minimum absolute atomic E-state index is 0.914. The van der Waals surface area contributed by atoms with E-state index in [1.165, 1.54) is 81.4 Å². The van der Waals surface area contributed by atoms with Gasteiger partial charge in [0.25, 0.3) is 0 Å². The predicted octanol–water partition coefficient (Wildman–Crippen LogP) is 16.0. The molecule has 262 valence electrons. The second kappa shape index (κ2) is 13.4. The number of hydrogen-bond acceptors (Lipinski definition) is 2. The van der Waals surface area contributed by atoms with Gasteiger partial charge in [-0.05, 0) is 121 Å². The molecule has 0 amide bonds. The smallest absolute Gasteiger partial charge is 0.136 e. The van der Waals surface area contributed by atoms with Gasteiger partial charge in [-0.1, -0.05) is 152 Å². The number of hydrogen-bond donors (Lipinski definition) is 0. The van der Waals surface area contributed by atoms with E-state index in [1.54, 1.807) is 0 Å². The fourth-order valence-electron chi connectivity index (χ4n) is 8.18. The Morgan fingerprint density at radius 3 is 1.16 bits per heavy atom. The Kier molecular flexibility index (Phi) is 7.75. The number of fused-ring (bicyclic) bond motifs is 6. The zero-order chi connectivity index (χ0) is 37.0. The summed E-state index contributed by atoms with van der Waals surface area (Å²) in [5, 5.41) is 4.97. The van der Waals surface area contributed by atoms with Crippen LogP contribution in [0.2, 0.25) is 0 Å². The molecule has 0 atom stereocenters. The molecule has 56 heavy (non-hydrogen) atoms. The highest BCUT2D eigenvalue weighted by Crippen LogP contribution is 2.38. The van der Waals surface area contributed by atoms with Gasteiger partial charge in [0.05, 0.1) is 0 Å². The van der Waals surface area contributed by atoms with Crippen molar-refractivity contribution in [1.29, 1.82) is 0 Å². The van der Waals surface area contributed by atoms with Crippen molar-refractivity contribution in [3.63, 3.8) is 0 Å². The van der Waals surface area contributed by atoms with Crippen molar-refractivity contribution in [3.8, 4) is 66.8 Å². The number of rotatable bonds is 6. The van der Waals surface area contributed by atoms with Crippen LogP contribution in [0.5, 0.6) is 0 Å². The van der Waals surface area contributed by atoms with Gasteiger partial charge in [-0.15, -0.1) is 11.3 Å². The lowest BCUT2D eigenvalue weighted by molar-refractivity contribution is 0.669. The lowest BCUT2D eigenvalue weighted by Gasteiger charge is -2.11. The van der Waals surface area contributed by atoms with Gasteiger partial charge in [-0.25, -0.2) is 0 Å². The van der Waals surface area contributed by atoms with Crippen molar-refractivity contribution in [1.82, 2.24) is 0 Å². The summed E-state index contributed by atoms with van der Waals surface area (Å²) in [7, 11) is 0. The van der Waals surface area contributed by atoms with Crippen molar-refractivity contribution in [2.75, 3.05) is 0 Å².